The van der Waals surface area contributed by atoms with Gasteiger partial charge in [0.1, 0.15) is 11.7 Å². The lowest BCUT2D eigenvalue weighted by Gasteiger charge is -2.15. The second kappa shape index (κ2) is 5.69. The fourth-order valence-corrected chi connectivity index (χ4v) is 2.64. The Kier molecular flexibility index (Phi) is 3.99. The van der Waals surface area contributed by atoms with Crippen LogP contribution in [0, 0.1) is 0 Å². The highest BCUT2D eigenvalue weighted by atomic mass is 32.1. The standard InChI is InChI=1S/C14H14O3S/c1-2-17-14(16)13(12-8-5-9-18-12)10-6-3-4-7-11(10)15/h3-9,13,15H,2H2,1H3. The predicted molar refractivity (Wildman–Crippen MR) is 70.9 cm³/mol. The molecule has 1 heterocycles. The Balaban J connectivity index is 2.43. The van der Waals surface area contributed by atoms with E-state index in [4.69, 9.17) is 4.74 Å². The van der Waals surface area contributed by atoms with Crippen molar-refractivity contribution in [1.82, 2.24) is 0 Å². The van der Waals surface area contributed by atoms with Crippen molar-refractivity contribution in [3.05, 3.63) is 52.2 Å². The van der Waals surface area contributed by atoms with Gasteiger partial charge in [0.05, 0.1) is 6.61 Å². The van der Waals surface area contributed by atoms with Crippen molar-refractivity contribution in [2.24, 2.45) is 0 Å². The molecule has 1 atom stereocenters. The topological polar surface area (TPSA) is 46.5 Å². The van der Waals surface area contributed by atoms with Crippen molar-refractivity contribution in [1.29, 1.82) is 0 Å². The molecule has 0 saturated carbocycles. The Labute approximate surface area is 110 Å². The van der Waals surface area contributed by atoms with Crippen LogP contribution in [0.2, 0.25) is 0 Å². The van der Waals surface area contributed by atoms with Crippen LogP contribution in [0.1, 0.15) is 23.3 Å². The monoisotopic (exact) mass is 262 g/mol. The summed E-state index contributed by atoms with van der Waals surface area (Å²) in [7, 11) is 0. The zero-order valence-corrected chi connectivity index (χ0v) is 10.8. The van der Waals surface area contributed by atoms with Crippen LogP contribution in [0.15, 0.2) is 41.8 Å². The van der Waals surface area contributed by atoms with Crippen LogP contribution >= 0.6 is 11.3 Å². The number of benzene rings is 1. The van der Waals surface area contributed by atoms with E-state index < -0.39 is 5.92 Å². The van der Waals surface area contributed by atoms with Gasteiger partial charge in [0.25, 0.3) is 0 Å². The Morgan fingerprint density at radius 2 is 2.11 bits per heavy atom. The van der Waals surface area contributed by atoms with Gasteiger partial charge in [-0.05, 0) is 24.4 Å². The van der Waals surface area contributed by atoms with Crippen molar-refractivity contribution in [2.45, 2.75) is 12.8 Å². The molecule has 1 aromatic carbocycles. The molecule has 0 spiro atoms. The van der Waals surface area contributed by atoms with Gasteiger partial charge in [-0.2, -0.15) is 0 Å². The molecule has 4 heteroatoms. The Morgan fingerprint density at radius 1 is 1.33 bits per heavy atom. The first-order valence-electron chi connectivity index (χ1n) is 5.72. The fourth-order valence-electron chi connectivity index (χ4n) is 1.81. The minimum atomic E-state index is -0.550. The third-order valence-electron chi connectivity index (χ3n) is 2.60. The zero-order chi connectivity index (χ0) is 13.0. The van der Waals surface area contributed by atoms with Crippen LogP contribution in [-0.2, 0) is 9.53 Å². The van der Waals surface area contributed by atoms with Crippen LogP contribution in [0.3, 0.4) is 0 Å². The van der Waals surface area contributed by atoms with Crippen molar-refractivity contribution in [2.75, 3.05) is 6.61 Å². The van der Waals surface area contributed by atoms with Gasteiger partial charge < -0.3 is 9.84 Å². The summed E-state index contributed by atoms with van der Waals surface area (Å²) in [6.45, 7) is 2.10. The average Bonchev–Trinajstić information content (AvgIpc) is 2.86. The first-order valence-corrected chi connectivity index (χ1v) is 6.60. The first-order chi connectivity index (χ1) is 8.74. The number of hydrogen-bond donors (Lipinski definition) is 1. The Hall–Kier alpha value is -1.81. The molecule has 0 aliphatic rings. The number of ether oxygens (including phenoxy) is 1. The van der Waals surface area contributed by atoms with E-state index in [0.717, 1.165) is 4.88 Å². The predicted octanol–water partition coefficient (Wildman–Crippen LogP) is 3.15. The molecular formula is C14H14O3S. The molecule has 0 radical (unpaired) electrons. The van der Waals surface area contributed by atoms with Crippen LogP contribution in [-0.4, -0.2) is 17.7 Å². The summed E-state index contributed by atoms with van der Waals surface area (Å²) in [6.07, 6.45) is 0. The number of rotatable bonds is 4. The molecule has 2 rings (SSSR count). The lowest BCUT2D eigenvalue weighted by molar-refractivity contribution is -0.143. The summed E-state index contributed by atoms with van der Waals surface area (Å²) < 4.78 is 5.09. The van der Waals surface area contributed by atoms with Crippen molar-refractivity contribution >= 4 is 17.3 Å². The van der Waals surface area contributed by atoms with Gasteiger partial charge >= 0.3 is 5.97 Å². The third-order valence-corrected chi connectivity index (χ3v) is 3.53. The van der Waals surface area contributed by atoms with Crippen molar-refractivity contribution < 1.29 is 14.6 Å². The van der Waals surface area contributed by atoms with E-state index in [0.29, 0.717) is 12.2 Å². The average molecular weight is 262 g/mol. The molecule has 0 fully saturated rings. The maximum Gasteiger partial charge on any atom is 0.318 e. The molecule has 1 unspecified atom stereocenters. The lowest BCUT2D eigenvalue weighted by atomic mass is 9.96. The largest absolute Gasteiger partial charge is 0.508 e. The molecule has 1 aromatic heterocycles. The molecule has 18 heavy (non-hydrogen) atoms. The first kappa shape index (κ1) is 12.6. The summed E-state index contributed by atoms with van der Waals surface area (Å²) in [6, 6.07) is 10.6. The quantitative estimate of drug-likeness (QED) is 0.861. The number of aromatic hydroxyl groups is 1. The summed E-state index contributed by atoms with van der Waals surface area (Å²) in [4.78, 5) is 12.9. The van der Waals surface area contributed by atoms with E-state index in [-0.39, 0.29) is 11.7 Å². The van der Waals surface area contributed by atoms with E-state index in [2.05, 4.69) is 0 Å². The highest BCUT2D eigenvalue weighted by Gasteiger charge is 2.27. The van der Waals surface area contributed by atoms with Crippen LogP contribution in [0.5, 0.6) is 5.75 Å². The van der Waals surface area contributed by atoms with E-state index >= 15 is 0 Å². The molecule has 3 nitrogen and oxygen atoms in total. The molecule has 0 aliphatic carbocycles. The number of para-hydroxylation sites is 1. The molecule has 2 aromatic rings. The zero-order valence-electron chi connectivity index (χ0n) is 10.00. The summed E-state index contributed by atoms with van der Waals surface area (Å²) in [5, 5.41) is 11.8. The van der Waals surface area contributed by atoms with Gasteiger partial charge in [-0.15, -0.1) is 11.3 Å². The molecule has 0 bridgehead atoms. The number of hydrogen-bond acceptors (Lipinski definition) is 4. The second-order valence-electron chi connectivity index (χ2n) is 3.76. The maximum atomic E-state index is 12.1. The van der Waals surface area contributed by atoms with E-state index in [9.17, 15) is 9.90 Å². The number of carbonyl (C=O) groups excluding carboxylic acids is 1. The van der Waals surface area contributed by atoms with Crippen LogP contribution in [0.25, 0.3) is 0 Å². The van der Waals surface area contributed by atoms with E-state index in [1.807, 2.05) is 17.5 Å². The number of thiophene rings is 1. The summed E-state index contributed by atoms with van der Waals surface area (Å²) in [5.74, 6) is -0.767. The van der Waals surface area contributed by atoms with E-state index in [1.165, 1.54) is 11.3 Å². The summed E-state index contributed by atoms with van der Waals surface area (Å²) in [5.41, 5.74) is 0.582. The minimum absolute atomic E-state index is 0.115. The third kappa shape index (κ3) is 2.54. The number of esters is 1. The van der Waals surface area contributed by atoms with Gasteiger partial charge in [0.15, 0.2) is 0 Å². The van der Waals surface area contributed by atoms with Crippen LogP contribution < -0.4 is 0 Å². The second-order valence-corrected chi connectivity index (χ2v) is 4.74. The molecule has 0 saturated heterocycles. The maximum absolute atomic E-state index is 12.1. The highest BCUT2D eigenvalue weighted by Crippen LogP contribution is 2.34. The number of phenolic OH excluding ortho intramolecular Hbond substituents is 1. The SMILES string of the molecule is CCOC(=O)C(c1cccs1)c1ccccc1O. The molecule has 0 amide bonds. The van der Waals surface area contributed by atoms with Gasteiger partial charge in [0, 0.05) is 10.4 Å². The molecular weight excluding hydrogens is 248 g/mol. The van der Waals surface area contributed by atoms with Crippen molar-refractivity contribution in [3.8, 4) is 5.75 Å². The lowest BCUT2D eigenvalue weighted by Crippen LogP contribution is -2.16. The molecule has 0 aliphatic heterocycles. The number of carbonyl (C=O) groups is 1. The van der Waals surface area contributed by atoms with Gasteiger partial charge in [-0.3, -0.25) is 4.79 Å². The minimum Gasteiger partial charge on any atom is -0.508 e. The highest BCUT2D eigenvalue weighted by molar-refractivity contribution is 7.10. The molecule has 1 N–H and O–H groups in total. The summed E-state index contributed by atoms with van der Waals surface area (Å²) >= 11 is 1.48. The smallest absolute Gasteiger partial charge is 0.318 e. The Bertz CT molecular complexity index is 520. The van der Waals surface area contributed by atoms with Gasteiger partial charge in [-0.1, -0.05) is 24.3 Å². The van der Waals surface area contributed by atoms with Gasteiger partial charge in [-0.25, -0.2) is 0 Å². The van der Waals surface area contributed by atoms with Crippen molar-refractivity contribution in [3.63, 3.8) is 0 Å². The number of phenols is 1. The Morgan fingerprint density at radius 3 is 2.72 bits per heavy atom. The normalized spacial score (nSPS) is 12.1. The van der Waals surface area contributed by atoms with Gasteiger partial charge in [0.2, 0.25) is 0 Å². The van der Waals surface area contributed by atoms with E-state index in [1.54, 1.807) is 31.2 Å². The van der Waals surface area contributed by atoms with Crippen LogP contribution in [0.4, 0.5) is 0 Å². The fraction of sp³-hybridized carbons (Fsp3) is 0.214. The molecule has 94 valence electrons.